The van der Waals surface area contributed by atoms with Gasteiger partial charge in [0.2, 0.25) is 0 Å². The van der Waals surface area contributed by atoms with Gasteiger partial charge in [0.25, 0.3) is 6.43 Å². The van der Waals surface area contributed by atoms with E-state index in [4.69, 9.17) is 16.9 Å². The third-order valence-electron chi connectivity index (χ3n) is 1.63. The van der Waals surface area contributed by atoms with E-state index in [9.17, 15) is 13.2 Å². The van der Waals surface area contributed by atoms with Crippen LogP contribution < -0.4 is 0 Å². The fourth-order valence-corrected chi connectivity index (χ4v) is 1.28. The van der Waals surface area contributed by atoms with E-state index in [-0.39, 0.29) is 17.1 Å². The highest BCUT2D eigenvalue weighted by molar-refractivity contribution is 6.17. The SMILES string of the molecule is N#Cc1ncc(F)c(C(F)F)c1CCl. The van der Waals surface area contributed by atoms with Crippen molar-refractivity contribution in [2.75, 3.05) is 0 Å². The Kier molecular flexibility index (Phi) is 3.31. The average molecular weight is 221 g/mol. The van der Waals surface area contributed by atoms with E-state index in [1.54, 1.807) is 6.07 Å². The van der Waals surface area contributed by atoms with E-state index >= 15 is 0 Å². The van der Waals surface area contributed by atoms with Crippen LogP contribution in [0, 0.1) is 17.1 Å². The summed E-state index contributed by atoms with van der Waals surface area (Å²) in [5.74, 6) is -1.51. The maximum atomic E-state index is 12.9. The van der Waals surface area contributed by atoms with Crippen LogP contribution in [0.25, 0.3) is 0 Å². The van der Waals surface area contributed by atoms with Crippen molar-refractivity contribution in [3.05, 3.63) is 28.8 Å². The zero-order valence-corrected chi connectivity index (χ0v) is 7.52. The predicted molar refractivity (Wildman–Crippen MR) is 43.4 cm³/mol. The molecule has 14 heavy (non-hydrogen) atoms. The lowest BCUT2D eigenvalue weighted by Crippen LogP contribution is -2.02. The zero-order chi connectivity index (χ0) is 10.7. The van der Waals surface area contributed by atoms with Crippen molar-refractivity contribution in [1.82, 2.24) is 4.98 Å². The molecule has 2 nitrogen and oxygen atoms in total. The lowest BCUT2D eigenvalue weighted by Gasteiger charge is -2.07. The molecule has 0 aliphatic rings. The summed E-state index contributed by atoms with van der Waals surface area (Å²) in [5, 5.41) is 8.51. The van der Waals surface area contributed by atoms with Gasteiger partial charge in [-0.05, 0) is 0 Å². The van der Waals surface area contributed by atoms with Crippen LogP contribution in [-0.2, 0) is 5.88 Å². The number of aromatic nitrogens is 1. The molecule has 1 rings (SSSR count). The average Bonchev–Trinajstić information content (AvgIpc) is 2.16. The molecule has 0 bridgehead atoms. The maximum Gasteiger partial charge on any atom is 0.267 e. The van der Waals surface area contributed by atoms with Crippen molar-refractivity contribution in [1.29, 1.82) is 5.26 Å². The number of pyridine rings is 1. The number of alkyl halides is 3. The van der Waals surface area contributed by atoms with Crippen LogP contribution in [-0.4, -0.2) is 4.98 Å². The Morgan fingerprint density at radius 3 is 2.64 bits per heavy atom. The first-order chi connectivity index (χ1) is 6.61. The van der Waals surface area contributed by atoms with Gasteiger partial charge in [-0.15, -0.1) is 11.6 Å². The quantitative estimate of drug-likeness (QED) is 0.719. The molecule has 0 aliphatic heterocycles. The van der Waals surface area contributed by atoms with Gasteiger partial charge in [0.15, 0.2) is 5.82 Å². The second-order valence-corrected chi connectivity index (χ2v) is 2.66. The van der Waals surface area contributed by atoms with Crippen molar-refractivity contribution in [3.63, 3.8) is 0 Å². The van der Waals surface area contributed by atoms with Gasteiger partial charge in [-0.2, -0.15) is 5.26 Å². The van der Waals surface area contributed by atoms with Crippen LogP contribution in [0.2, 0.25) is 0 Å². The van der Waals surface area contributed by atoms with Gasteiger partial charge in [0.05, 0.1) is 17.6 Å². The lowest BCUT2D eigenvalue weighted by atomic mass is 10.1. The van der Waals surface area contributed by atoms with Crippen molar-refractivity contribution in [3.8, 4) is 6.07 Å². The number of hydrogen-bond acceptors (Lipinski definition) is 2. The molecule has 0 saturated carbocycles. The Labute approximate surface area is 82.9 Å². The highest BCUT2D eigenvalue weighted by Crippen LogP contribution is 2.28. The fraction of sp³-hybridized carbons (Fsp3) is 0.250. The fourth-order valence-electron chi connectivity index (χ4n) is 1.01. The number of hydrogen-bond donors (Lipinski definition) is 0. The van der Waals surface area contributed by atoms with Gasteiger partial charge < -0.3 is 0 Å². The molecule has 0 atom stereocenters. The summed E-state index contributed by atoms with van der Waals surface area (Å²) in [6.45, 7) is 0. The minimum absolute atomic E-state index is 0.246. The summed E-state index contributed by atoms with van der Waals surface area (Å²) < 4.78 is 37.6. The summed E-state index contributed by atoms with van der Waals surface area (Å²) in [4.78, 5) is 3.36. The predicted octanol–water partition coefficient (Wildman–Crippen LogP) is 2.77. The summed E-state index contributed by atoms with van der Waals surface area (Å²) in [6.07, 6.45) is -2.41. The molecule has 0 saturated heterocycles. The minimum Gasteiger partial charge on any atom is -0.242 e. The van der Waals surface area contributed by atoms with Crippen molar-refractivity contribution in [2.45, 2.75) is 12.3 Å². The Balaban J connectivity index is 3.45. The first-order valence-electron chi connectivity index (χ1n) is 3.53. The van der Waals surface area contributed by atoms with E-state index in [1.165, 1.54) is 0 Å². The molecule has 0 radical (unpaired) electrons. The molecular weight excluding hydrogens is 217 g/mol. The summed E-state index contributed by atoms with van der Waals surface area (Å²) in [7, 11) is 0. The van der Waals surface area contributed by atoms with Gasteiger partial charge >= 0.3 is 0 Å². The van der Waals surface area contributed by atoms with E-state index in [2.05, 4.69) is 4.98 Å². The monoisotopic (exact) mass is 220 g/mol. The normalized spacial score (nSPS) is 10.3. The van der Waals surface area contributed by atoms with Gasteiger partial charge in [-0.1, -0.05) is 0 Å². The minimum atomic E-state index is -3.00. The van der Waals surface area contributed by atoms with Crippen LogP contribution in [0.5, 0.6) is 0 Å². The van der Waals surface area contributed by atoms with Crippen LogP contribution in [0.3, 0.4) is 0 Å². The molecular formula is C8H4ClF3N2. The van der Waals surface area contributed by atoms with Gasteiger partial charge in [-0.3, -0.25) is 0 Å². The maximum absolute atomic E-state index is 12.9. The summed E-state index contributed by atoms with van der Waals surface area (Å²) in [5.41, 5.74) is -1.35. The molecule has 0 spiro atoms. The molecule has 0 unspecified atom stereocenters. The third kappa shape index (κ3) is 1.80. The standard InChI is InChI=1S/C8H4ClF3N2/c9-1-4-6(2-13)14-3-5(10)7(4)8(11)12/h3,8H,1H2. The van der Waals surface area contributed by atoms with Crippen LogP contribution in [0.15, 0.2) is 6.20 Å². The van der Waals surface area contributed by atoms with E-state index in [0.29, 0.717) is 6.20 Å². The topological polar surface area (TPSA) is 36.7 Å². The number of nitriles is 1. The number of rotatable bonds is 2. The van der Waals surface area contributed by atoms with Crippen LogP contribution in [0.1, 0.15) is 23.2 Å². The first-order valence-corrected chi connectivity index (χ1v) is 4.06. The zero-order valence-electron chi connectivity index (χ0n) is 6.77. The van der Waals surface area contributed by atoms with Crippen LogP contribution in [0.4, 0.5) is 13.2 Å². The summed E-state index contributed by atoms with van der Waals surface area (Å²) >= 11 is 5.34. The molecule has 0 aliphatic carbocycles. The second-order valence-electron chi connectivity index (χ2n) is 2.39. The third-order valence-corrected chi connectivity index (χ3v) is 1.90. The molecule has 0 aromatic carbocycles. The Bertz CT molecular complexity index is 387. The summed E-state index contributed by atoms with van der Waals surface area (Å²) in [6, 6.07) is 1.57. The number of halogens is 4. The van der Waals surface area contributed by atoms with E-state index in [0.717, 1.165) is 0 Å². The molecule has 0 amide bonds. The Morgan fingerprint density at radius 1 is 1.57 bits per heavy atom. The molecule has 74 valence electrons. The lowest BCUT2D eigenvalue weighted by molar-refractivity contribution is 0.145. The highest BCUT2D eigenvalue weighted by atomic mass is 35.5. The Hall–Kier alpha value is -1.28. The Morgan fingerprint density at radius 2 is 2.21 bits per heavy atom. The largest absolute Gasteiger partial charge is 0.267 e. The molecule has 1 aromatic rings. The number of nitrogens with zero attached hydrogens (tertiary/aromatic N) is 2. The highest BCUT2D eigenvalue weighted by Gasteiger charge is 2.21. The smallest absolute Gasteiger partial charge is 0.242 e. The molecule has 6 heteroatoms. The van der Waals surface area contributed by atoms with E-state index in [1.807, 2.05) is 0 Å². The first kappa shape index (κ1) is 10.8. The van der Waals surface area contributed by atoms with Gasteiger partial charge in [0.1, 0.15) is 11.8 Å². The molecule has 0 N–H and O–H groups in total. The van der Waals surface area contributed by atoms with Gasteiger partial charge in [-0.25, -0.2) is 18.2 Å². The molecule has 0 fully saturated rings. The second kappa shape index (κ2) is 4.29. The molecule has 1 heterocycles. The van der Waals surface area contributed by atoms with E-state index < -0.39 is 17.8 Å². The van der Waals surface area contributed by atoms with Crippen molar-refractivity contribution in [2.24, 2.45) is 0 Å². The van der Waals surface area contributed by atoms with Crippen molar-refractivity contribution < 1.29 is 13.2 Å². The molecule has 1 aromatic heterocycles. The van der Waals surface area contributed by atoms with Crippen molar-refractivity contribution >= 4 is 11.6 Å². The van der Waals surface area contributed by atoms with Crippen LogP contribution >= 0.6 is 11.6 Å². The van der Waals surface area contributed by atoms with Gasteiger partial charge in [0, 0.05) is 5.56 Å².